The van der Waals surface area contributed by atoms with Gasteiger partial charge in [-0.25, -0.2) is 9.18 Å². The molecule has 0 bridgehead atoms. The molecule has 1 unspecified atom stereocenters. The van der Waals surface area contributed by atoms with Crippen LogP contribution >= 0.6 is 11.3 Å². The van der Waals surface area contributed by atoms with E-state index in [1.54, 1.807) is 18.3 Å². The van der Waals surface area contributed by atoms with Crippen LogP contribution in [0.5, 0.6) is 11.5 Å². The standard InChI is InChI=1S/C32H38FN7O3S/c1-3-34-32(42)39(2)23-11-14-40(15-12-23)19-20-4-8-25(36-18-20)29-17-26-30(44-29)28(10-13-35-26)43-27-9-7-22(16-24(27)33)38-31(41)37-21-5-6-21/h4,7-10,13,16-18,21,23,32,34,42H,3,5-6,11-12,14-15,19H2,1-2H3,(H2,37,38,41). The van der Waals surface area contributed by atoms with Gasteiger partial charge in [0, 0.05) is 48.8 Å². The third kappa shape index (κ3) is 7.33. The molecule has 1 atom stereocenters. The maximum atomic E-state index is 14.9. The largest absolute Gasteiger partial charge is 0.453 e. The van der Waals surface area contributed by atoms with Crippen LogP contribution in [0.15, 0.2) is 54.9 Å². The zero-order valence-corrected chi connectivity index (χ0v) is 25.7. The Balaban J connectivity index is 1.08. The van der Waals surface area contributed by atoms with Crippen molar-refractivity contribution in [3.63, 3.8) is 0 Å². The molecule has 1 aliphatic heterocycles. The Labute approximate surface area is 260 Å². The highest BCUT2D eigenvalue weighted by molar-refractivity contribution is 7.22. The first-order valence-corrected chi connectivity index (χ1v) is 15.9. The molecule has 2 fully saturated rings. The van der Waals surface area contributed by atoms with Crippen molar-refractivity contribution >= 4 is 33.3 Å². The zero-order valence-electron chi connectivity index (χ0n) is 24.9. The first kappa shape index (κ1) is 30.4. The molecule has 1 aliphatic carbocycles. The number of hydrogen-bond donors (Lipinski definition) is 4. The number of piperidine rings is 1. The zero-order chi connectivity index (χ0) is 30.6. The minimum Gasteiger partial charge on any atom is -0.453 e. The van der Waals surface area contributed by atoms with E-state index < -0.39 is 12.2 Å². The molecule has 232 valence electrons. The fourth-order valence-electron chi connectivity index (χ4n) is 5.41. The summed E-state index contributed by atoms with van der Waals surface area (Å²) in [6, 6.07) is 12.4. The number of nitrogens with one attached hydrogen (secondary N) is 3. The molecule has 1 aromatic carbocycles. The molecule has 0 spiro atoms. The Hall–Kier alpha value is -3.68. The number of fused-ring (bicyclic) bond motifs is 1. The van der Waals surface area contributed by atoms with E-state index in [0.717, 1.165) is 78.2 Å². The fraction of sp³-hybridized carbons (Fsp3) is 0.406. The maximum Gasteiger partial charge on any atom is 0.319 e. The molecule has 10 nitrogen and oxygen atoms in total. The number of aliphatic hydroxyl groups is 1. The van der Waals surface area contributed by atoms with Gasteiger partial charge in [-0.3, -0.25) is 25.1 Å². The van der Waals surface area contributed by atoms with Gasteiger partial charge in [0.15, 0.2) is 17.9 Å². The number of benzene rings is 1. The Kier molecular flexibility index (Phi) is 9.33. The molecule has 4 heterocycles. The first-order valence-electron chi connectivity index (χ1n) is 15.1. The average molecular weight is 620 g/mol. The Morgan fingerprint density at radius 3 is 2.66 bits per heavy atom. The van der Waals surface area contributed by atoms with Gasteiger partial charge in [-0.15, -0.1) is 11.3 Å². The van der Waals surface area contributed by atoms with Crippen molar-refractivity contribution in [2.45, 2.75) is 57.6 Å². The van der Waals surface area contributed by atoms with Crippen LogP contribution in [-0.4, -0.2) is 76.0 Å². The summed E-state index contributed by atoms with van der Waals surface area (Å²) in [4.78, 5) is 26.6. The van der Waals surface area contributed by atoms with E-state index >= 15 is 0 Å². The number of anilines is 1. The fourth-order valence-corrected chi connectivity index (χ4v) is 6.46. The Morgan fingerprint density at radius 2 is 1.95 bits per heavy atom. The lowest BCUT2D eigenvalue weighted by molar-refractivity contribution is -0.0440. The lowest BCUT2D eigenvalue weighted by Gasteiger charge is -2.38. The van der Waals surface area contributed by atoms with Crippen molar-refractivity contribution in [3.8, 4) is 22.1 Å². The number of aliphatic hydroxyl groups excluding tert-OH is 1. The Morgan fingerprint density at radius 1 is 1.14 bits per heavy atom. The summed E-state index contributed by atoms with van der Waals surface area (Å²) < 4.78 is 21.7. The second-order valence-corrected chi connectivity index (χ2v) is 12.5. The summed E-state index contributed by atoms with van der Waals surface area (Å²) in [7, 11) is 1.97. The number of rotatable bonds is 11. The summed E-state index contributed by atoms with van der Waals surface area (Å²) in [6.45, 7) is 5.49. The molecule has 1 saturated heterocycles. The van der Waals surface area contributed by atoms with Crippen LogP contribution in [0.3, 0.4) is 0 Å². The number of nitrogens with zero attached hydrogens (tertiary/aromatic N) is 4. The molecule has 44 heavy (non-hydrogen) atoms. The number of aromatic nitrogens is 2. The number of hydrogen-bond acceptors (Lipinski definition) is 9. The topological polar surface area (TPSA) is 115 Å². The predicted octanol–water partition coefficient (Wildman–Crippen LogP) is 5.36. The van der Waals surface area contributed by atoms with Gasteiger partial charge in [0.05, 0.1) is 20.8 Å². The SMILES string of the molecule is CCNC(O)N(C)C1CCN(Cc2ccc(-c3cc4nccc(Oc5ccc(NC(=O)NC6CC6)cc5F)c4s3)nc2)CC1. The third-order valence-corrected chi connectivity index (χ3v) is 9.25. The van der Waals surface area contributed by atoms with Crippen molar-refractivity contribution in [2.24, 2.45) is 0 Å². The molecule has 2 aliphatic rings. The number of carbonyl (C=O) groups is 1. The molecule has 4 N–H and O–H groups in total. The molecule has 6 rings (SSSR count). The van der Waals surface area contributed by atoms with Crippen molar-refractivity contribution < 1.29 is 19.0 Å². The van der Waals surface area contributed by atoms with E-state index in [9.17, 15) is 14.3 Å². The molecule has 3 aromatic heterocycles. The van der Waals surface area contributed by atoms with Gasteiger partial charge in [-0.1, -0.05) is 13.0 Å². The van der Waals surface area contributed by atoms with Gasteiger partial charge in [0.1, 0.15) is 5.75 Å². The lowest BCUT2D eigenvalue weighted by atomic mass is 10.0. The van der Waals surface area contributed by atoms with Crippen LogP contribution < -0.4 is 20.7 Å². The van der Waals surface area contributed by atoms with Crippen LogP contribution in [0.4, 0.5) is 14.9 Å². The molecular formula is C32H38FN7O3S. The van der Waals surface area contributed by atoms with Crippen LogP contribution in [0.2, 0.25) is 0 Å². The number of halogens is 1. The smallest absolute Gasteiger partial charge is 0.319 e. The van der Waals surface area contributed by atoms with Crippen molar-refractivity contribution in [1.29, 1.82) is 0 Å². The maximum absolute atomic E-state index is 14.9. The van der Waals surface area contributed by atoms with Crippen LogP contribution in [0.1, 0.15) is 38.2 Å². The number of thiophene rings is 1. The highest BCUT2D eigenvalue weighted by Gasteiger charge is 2.26. The van der Waals surface area contributed by atoms with Gasteiger partial charge in [-0.05, 0) is 82.2 Å². The van der Waals surface area contributed by atoms with E-state index in [1.165, 1.54) is 23.5 Å². The van der Waals surface area contributed by atoms with Crippen LogP contribution in [0, 0.1) is 5.82 Å². The monoisotopic (exact) mass is 619 g/mol. The van der Waals surface area contributed by atoms with Gasteiger partial charge >= 0.3 is 6.03 Å². The molecule has 1 saturated carbocycles. The quantitative estimate of drug-likeness (QED) is 0.166. The number of pyridine rings is 2. The van der Waals surface area contributed by atoms with Crippen LogP contribution in [0.25, 0.3) is 20.8 Å². The minimum absolute atomic E-state index is 0.0626. The normalized spacial score (nSPS) is 16.8. The van der Waals surface area contributed by atoms with E-state index in [2.05, 4.69) is 31.9 Å². The second kappa shape index (κ2) is 13.5. The van der Waals surface area contributed by atoms with E-state index in [0.29, 0.717) is 17.5 Å². The molecule has 4 aromatic rings. The lowest BCUT2D eigenvalue weighted by Crippen LogP contribution is -2.51. The highest BCUT2D eigenvalue weighted by atomic mass is 32.1. The van der Waals surface area contributed by atoms with Crippen molar-refractivity contribution in [3.05, 3.63) is 66.2 Å². The number of ether oxygens (including phenoxy) is 1. The summed E-state index contributed by atoms with van der Waals surface area (Å²) >= 11 is 1.50. The van der Waals surface area contributed by atoms with E-state index in [4.69, 9.17) is 9.72 Å². The average Bonchev–Trinajstić information content (AvgIpc) is 3.72. The summed E-state index contributed by atoms with van der Waals surface area (Å²) in [5.41, 5.74) is 3.09. The van der Waals surface area contributed by atoms with Gasteiger partial charge in [-0.2, -0.15) is 0 Å². The second-order valence-electron chi connectivity index (χ2n) is 11.4. The van der Waals surface area contributed by atoms with Crippen LogP contribution in [-0.2, 0) is 6.54 Å². The number of amides is 2. The number of carbonyl (C=O) groups excluding carboxylic acids is 1. The molecule has 0 radical (unpaired) electrons. The van der Waals surface area contributed by atoms with Gasteiger partial charge in [0.2, 0.25) is 0 Å². The predicted molar refractivity (Wildman–Crippen MR) is 170 cm³/mol. The highest BCUT2D eigenvalue weighted by Crippen LogP contribution is 2.39. The van der Waals surface area contributed by atoms with Gasteiger partial charge in [0.25, 0.3) is 0 Å². The number of likely N-dealkylation sites (tertiary alicyclic amines) is 1. The summed E-state index contributed by atoms with van der Waals surface area (Å²) in [5, 5.41) is 18.8. The van der Waals surface area contributed by atoms with Gasteiger partial charge < -0.3 is 20.5 Å². The molecule has 2 amide bonds. The molecular weight excluding hydrogens is 581 g/mol. The van der Waals surface area contributed by atoms with Crippen molar-refractivity contribution in [2.75, 3.05) is 32.0 Å². The van der Waals surface area contributed by atoms with E-state index in [-0.39, 0.29) is 17.8 Å². The number of urea groups is 1. The molecule has 12 heteroatoms. The summed E-state index contributed by atoms with van der Waals surface area (Å²) in [6.07, 6.45) is 6.92. The Bertz CT molecular complexity index is 1590. The minimum atomic E-state index is -0.609. The third-order valence-electron chi connectivity index (χ3n) is 8.09. The first-order chi connectivity index (χ1) is 21.4. The summed E-state index contributed by atoms with van der Waals surface area (Å²) in [5.74, 6) is -0.0101. The van der Waals surface area contributed by atoms with Crippen molar-refractivity contribution in [1.82, 2.24) is 30.4 Å². The van der Waals surface area contributed by atoms with E-state index in [1.807, 2.05) is 37.2 Å².